The number of hydrogen-bond donors (Lipinski definition) is 0. The van der Waals surface area contributed by atoms with Crippen molar-refractivity contribution in [2.75, 3.05) is 7.11 Å². The molecule has 0 aliphatic heterocycles. The van der Waals surface area contributed by atoms with Crippen molar-refractivity contribution in [1.29, 1.82) is 0 Å². The maximum Gasteiger partial charge on any atom is 0.315 e. The Hall–Kier alpha value is -2.02. The quantitative estimate of drug-likeness (QED) is 0.432. The third kappa shape index (κ3) is 2.08. The molecule has 0 spiro atoms. The van der Waals surface area contributed by atoms with Crippen molar-refractivity contribution in [3.05, 3.63) is 33.9 Å². The van der Waals surface area contributed by atoms with Crippen LogP contribution in [0.15, 0.2) is 18.2 Å². The number of nitrogens with zero attached hydrogens (tertiary/aromatic N) is 1. The predicted octanol–water partition coefficient (Wildman–Crippen LogP) is 2.34. The van der Waals surface area contributed by atoms with Crippen LogP contribution in [-0.2, 0) is 0 Å². The lowest BCUT2D eigenvalue weighted by Gasteiger charge is -2.08. The number of terminal acetylenes is 1. The molecule has 0 bridgehead atoms. The summed E-state index contributed by atoms with van der Waals surface area (Å²) in [5.41, 5.74) is 0.451. The average Bonchev–Trinajstić information content (AvgIpc) is 2.26. The van der Waals surface area contributed by atoms with Gasteiger partial charge in [-0.15, -0.1) is 6.42 Å². The van der Waals surface area contributed by atoms with Gasteiger partial charge in [-0.3, -0.25) is 10.1 Å². The largest absolute Gasteiger partial charge is 0.490 e. The number of nitro benzene ring substituents is 1. The fourth-order valence-electron chi connectivity index (χ4n) is 1.34. The Kier molecular flexibility index (Phi) is 3.29. The Bertz CT molecular complexity index is 420. The molecule has 1 aromatic rings. The van der Waals surface area contributed by atoms with Gasteiger partial charge in [-0.25, -0.2) is 0 Å². The van der Waals surface area contributed by atoms with Gasteiger partial charge in [-0.05, 0) is 13.0 Å². The molecule has 0 aliphatic rings. The third-order valence-electron chi connectivity index (χ3n) is 2.15. The number of benzene rings is 1. The zero-order valence-electron chi connectivity index (χ0n) is 8.56. The van der Waals surface area contributed by atoms with Crippen LogP contribution in [0.2, 0.25) is 0 Å². The van der Waals surface area contributed by atoms with Crippen LogP contribution in [0, 0.1) is 22.5 Å². The molecule has 1 atom stereocenters. The summed E-state index contributed by atoms with van der Waals surface area (Å²) in [6, 6.07) is 4.88. The highest BCUT2D eigenvalue weighted by molar-refractivity contribution is 5.55. The van der Waals surface area contributed by atoms with Crippen LogP contribution >= 0.6 is 0 Å². The molecule has 78 valence electrons. The van der Waals surface area contributed by atoms with Crippen LogP contribution < -0.4 is 4.74 Å². The normalized spacial score (nSPS) is 11.5. The first-order valence-electron chi connectivity index (χ1n) is 4.39. The summed E-state index contributed by atoms with van der Waals surface area (Å²) in [6.45, 7) is 1.74. The molecule has 0 N–H and O–H groups in total. The van der Waals surface area contributed by atoms with E-state index in [1.165, 1.54) is 7.11 Å². The van der Waals surface area contributed by atoms with Crippen LogP contribution in [0.3, 0.4) is 0 Å². The average molecular weight is 205 g/mol. The lowest BCUT2D eigenvalue weighted by atomic mass is 10.00. The number of hydrogen-bond acceptors (Lipinski definition) is 3. The Morgan fingerprint density at radius 3 is 2.73 bits per heavy atom. The molecule has 0 amide bonds. The highest BCUT2D eigenvalue weighted by Crippen LogP contribution is 2.34. The first-order valence-corrected chi connectivity index (χ1v) is 4.39. The fourth-order valence-corrected chi connectivity index (χ4v) is 1.34. The molecule has 0 aromatic heterocycles. The number of ether oxygens (including phenoxy) is 1. The van der Waals surface area contributed by atoms with Crippen molar-refractivity contribution in [1.82, 2.24) is 0 Å². The van der Waals surface area contributed by atoms with E-state index in [0.29, 0.717) is 5.56 Å². The van der Waals surface area contributed by atoms with Crippen LogP contribution in [0.25, 0.3) is 0 Å². The molecule has 15 heavy (non-hydrogen) atoms. The second-order valence-electron chi connectivity index (χ2n) is 3.04. The Balaban J connectivity index is 3.39. The first-order chi connectivity index (χ1) is 7.11. The molecular formula is C11H11NO3. The summed E-state index contributed by atoms with van der Waals surface area (Å²) in [5, 5.41) is 10.9. The van der Waals surface area contributed by atoms with E-state index in [-0.39, 0.29) is 17.4 Å². The van der Waals surface area contributed by atoms with E-state index >= 15 is 0 Å². The summed E-state index contributed by atoms with van der Waals surface area (Å²) in [7, 11) is 1.40. The molecule has 1 unspecified atom stereocenters. The third-order valence-corrected chi connectivity index (χ3v) is 2.15. The van der Waals surface area contributed by atoms with Crippen molar-refractivity contribution in [3.63, 3.8) is 0 Å². The van der Waals surface area contributed by atoms with Crippen LogP contribution in [-0.4, -0.2) is 12.0 Å². The molecule has 0 heterocycles. The van der Waals surface area contributed by atoms with Crippen molar-refractivity contribution in [2.24, 2.45) is 0 Å². The van der Waals surface area contributed by atoms with Gasteiger partial charge in [0, 0.05) is 11.5 Å². The molecule has 0 saturated heterocycles. The van der Waals surface area contributed by atoms with Gasteiger partial charge in [0.05, 0.1) is 12.0 Å². The summed E-state index contributed by atoms with van der Waals surface area (Å²) in [5.74, 6) is 2.40. The summed E-state index contributed by atoms with van der Waals surface area (Å²) >= 11 is 0. The Labute approximate surface area is 88.0 Å². The highest BCUT2D eigenvalue weighted by atomic mass is 16.6. The van der Waals surface area contributed by atoms with Gasteiger partial charge < -0.3 is 4.74 Å². The van der Waals surface area contributed by atoms with Crippen molar-refractivity contribution in [2.45, 2.75) is 12.8 Å². The van der Waals surface area contributed by atoms with E-state index < -0.39 is 4.92 Å². The molecular weight excluding hydrogens is 194 g/mol. The highest BCUT2D eigenvalue weighted by Gasteiger charge is 2.22. The molecule has 4 nitrogen and oxygen atoms in total. The predicted molar refractivity (Wildman–Crippen MR) is 56.9 cm³/mol. The fraction of sp³-hybridized carbons (Fsp3) is 0.273. The number of para-hydroxylation sites is 1. The topological polar surface area (TPSA) is 52.4 Å². The van der Waals surface area contributed by atoms with E-state index in [0.717, 1.165) is 0 Å². The van der Waals surface area contributed by atoms with Gasteiger partial charge in [0.25, 0.3) is 0 Å². The number of rotatable bonds is 3. The minimum absolute atomic E-state index is 0.0505. The Morgan fingerprint density at radius 1 is 1.60 bits per heavy atom. The Morgan fingerprint density at radius 2 is 2.27 bits per heavy atom. The lowest BCUT2D eigenvalue weighted by Crippen LogP contribution is -2.00. The van der Waals surface area contributed by atoms with Crippen LogP contribution in [0.5, 0.6) is 5.75 Å². The van der Waals surface area contributed by atoms with Crippen LogP contribution in [0.4, 0.5) is 5.69 Å². The maximum atomic E-state index is 10.9. The molecule has 1 aromatic carbocycles. The van der Waals surface area contributed by atoms with Crippen molar-refractivity contribution < 1.29 is 9.66 Å². The van der Waals surface area contributed by atoms with Gasteiger partial charge >= 0.3 is 5.69 Å². The molecule has 0 radical (unpaired) electrons. The lowest BCUT2D eigenvalue weighted by molar-refractivity contribution is -0.386. The zero-order chi connectivity index (χ0) is 11.4. The van der Waals surface area contributed by atoms with E-state index in [9.17, 15) is 10.1 Å². The molecule has 4 heteroatoms. The minimum atomic E-state index is -0.470. The minimum Gasteiger partial charge on any atom is -0.490 e. The smallest absolute Gasteiger partial charge is 0.315 e. The zero-order valence-corrected chi connectivity index (χ0v) is 8.56. The molecule has 0 fully saturated rings. The summed E-state index contributed by atoms with van der Waals surface area (Å²) < 4.78 is 4.93. The monoisotopic (exact) mass is 205 g/mol. The standard InChI is InChI=1S/C11H11NO3/c1-4-8(2)9-6-5-7-10(15-3)11(9)12(13)14/h1,5-8H,2-3H3. The van der Waals surface area contributed by atoms with Gasteiger partial charge in [-0.1, -0.05) is 18.1 Å². The van der Waals surface area contributed by atoms with E-state index in [1.807, 2.05) is 0 Å². The molecule has 0 aliphatic carbocycles. The van der Waals surface area contributed by atoms with Gasteiger partial charge in [-0.2, -0.15) is 0 Å². The van der Waals surface area contributed by atoms with E-state index in [4.69, 9.17) is 11.2 Å². The number of methoxy groups -OCH3 is 1. The molecule has 0 saturated carbocycles. The van der Waals surface area contributed by atoms with Gasteiger partial charge in [0.15, 0.2) is 5.75 Å². The summed E-state index contributed by atoms with van der Waals surface area (Å²) in [4.78, 5) is 10.4. The second kappa shape index (κ2) is 4.47. The van der Waals surface area contributed by atoms with Crippen molar-refractivity contribution in [3.8, 4) is 18.1 Å². The SMILES string of the molecule is C#CC(C)c1cccc(OC)c1[N+](=O)[O-]. The second-order valence-corrected chi connectivity index (χ2v) is 3.04. The molecule has 1 rings (SSSR count). The summed E-state index contributed by atoms with van der Waals surface area (Å²) in [6.07, 6.45) is 5.25. The van der Waals surface area contributed by atoms with Gasteiger partial charge in [0.2, 0.25) is 0 Å². The van der Waals surface area contributed by atoms with E-state index in [1.54, 1.807) is 25.1 Å². The maximum absolute atomic E-state index is 10.9. The van der Waals surface area contributed by atoms with E-state index in [2.05, 4.69) is 5.92 Å². The van der Waals surface area contributed by atoms with Crippen molar-refractivity contribution >= 4 is 5.69 Å². The van der Waals surface area contributed by atoms with Crippen LogP contribution in [0.1, 0.15) is 18.4 Å². The first kappa shape index (κ1) is 11.1. The van der Waals surface area contributed by atoms with Gasteiger partial charge in [0.1, 0.15) is 0 Å². The number of nitro groups is 1.